The molecule has 0 aromatic heterocycles. The van der Waals surface area contributed by atoms with E-state index >= 15 is 0 Å². The van der Waals surface area contributed by atoms with Crippen LogP contribution in [0.1, 0.15) is 19.3 Å². The van der Waals surface area contributed by atoms with Gasteiger partial charge < -0.3 is 5.32 Å². The van der Waals surface area contributed by atoms with Gasteiger partial charge in [-0.3, -0.25) is 4.79 Å². The highest BCUT2D eigenvalue weighted by Gasteiger charge is 2.38. The van der Waals surface area contributed by atoms with E-state index in [0.29, 0.717) is 12.0 Å². The van der Waals surface area contributed by atoms with Gasteiger partial charge in [-0.15, -0.1) is 0 Å². The van der Waals surface area contributed by atoms with Crippen molar-refractivity contribution in [2.24, 2.45) is 5.92 Å². The van der Waals surface area contributed by atoms with E-state index in [1.165, 1.54) is 12.8 Å². The van der Waals surface area contributed by atoms with Crippen molar-refractivity contribution in [3.63, 3.8) is 0 Å². The molecular formula is C6H9NO. The third-order valence-corrected chi connectivity index (χ3v) is 2.21. The molecule has 0 bridgehead atoms. The van der Waals surface area contributed by atoms with Crippen LogP contribution >= 0.6 is 0 Å². The summed E-state index contributed by atoms with van der Waals surface area (Å²) < 4.78 is 0. The first-order valence-electron chi connectivity index (χ1n) is 3.15. The molecule has 1 saturated heterocycles. The lowest BCUT2D eigenvalue weighted by Crippen LogP contribution is -2.36. The molecule has 1 N–H and O–H groups in total. The monoisotopic (exact) mass is 111 g/mol. The van der Waals surface area contributed by atoms with Gasteiger partial charge >= 0.3 is 0 Å². The zero-order valence-corrected chi connectivity index (χ0v) is 4.68. The van der Waals surface area contributed by atoms with Gasteiger partial charge in [0.1, 0.15) is 0 Å². The van der Waals surface area contributed by atoms with Crippen LogP contribution in [0.5, 0.6) is 0 Å². The summed E-state index contributed by atoms with van der Waals surface area (Å²) in [5, 5.41) is 2.91. The molecule has 1 saturated carbocycles. The normalized spacial score (nSPS) is 42.8. The standard InChI is InChI=1S/C6H9NO/c8-6-3-4-1-2-5(4)7-6/h4-5H,1-3H2,(H,7,8)/t4-,5-/m0/s1. The number of nitrogens with one attached hydrogen (secondary N) is 1. The molecule has 0 spiro atoms. The molecule has 2 rings (SSSR count). The third-order valence-electron chi connectivity index (χ3n) is 2.21. The Balaban J connectivity index is 2.10. The van der Waals surface area contributed by atoms with Crippen molar-refractivity contribution in [3.8, 4) is 0 Å². The Morgan fingerprint density at radius 2 is 2.38 bits per heavy atom. The van der Waals surface area contributed by atoms with Crippen molar-refractivity contribution in [1.82, 2.24) is 5.32 Å². The van der Waals surface area contributed by atoms with E-state index in [9.17, 15) is 4.79 Å². The van der Waals surface area contributed by atoms with Crippen LogP contribution in [0.15, 0.2) is 0 Å². The predicted molar refractivity (Wildman–Crippen MR) is 29.3 cm³/mol. The Bertz CT molecular complexity index is 118. The first-order valence-corrected chi connectivity index (χ1v) is 3.15. The van der Waals surface area contributed by atoms with Gasteiger partial charge in [-0.05, 0) is 18.8 Å². The van der Waals surface area contributed by atoms with Crippen molar-refractivity contribution in [2.75, 3.05) is 0 Å². The number of fused-ring (bicyclic) bond motifs is 1. The number of rotatable bonds is 0. The van der Waals surface area contributed by atoms with Gasteiger partial charge in [-0.1, -0.05) is 0 Å². The van der Waals surface area contributed by atoms with Crippen LogP contribution in [0, 0.1) is 5.92 Å². The molecule has 2 heteroatoms. The lowest BCUT2D eigenvalue weighted by molar-refractivity contribution is -0.119. The number of carbonyl (C=O) groups is 1. The lowest BCUT2D eigenvalue weighted by atomic mass is 9.81. The molecule has 0 radical (unpaired) electrons. The molecule has 1 heterocycles. The molecule has 2 aliphatic rings. The second-order valence-electron chi connectivity index (χ2n) is 2.72. The highest BCUT2D eigenvalue weighted by molar-refractivity contribution is 5.79. The maximum Gasteiger partial charge on any atom is 0.220 e. The van der Waals surface area contributed by atoms with E-state index in [-0.39, 0.29) is 5.91 Å². The Morgan fingerprint density at radius 3 is 2.62 bits per heavy atom. The van der Waals surface area contributed by atoms with Crippen LogP contribution in [0.2, 0.25) is 0 Å². The Hall–Kier alpha value is -0.530. The van der Waals surface area contributed by atoms with E-state index in [1.54, 1.807) is 0 Å². The fraction of sp³-hybridized carbons (Fsp3) is 0.833. The number of carbonyl (C=O) groups excluding carboxylic acids is 1. The molecule has 0 aromatic carbocycles. The van der Waals surface area contributed by atoms with Crippen LogP contribution in [0.3, 0.4) is 0 Å². The van der Waals surface area contributed by atoms with E-state index in [1.807, 2.05) is 0 Å². The van der Waals surface area contributed by atoms with Gasteiger partial charge in [0.05, 0.1) is 0 Å². The Labute approximate surface area is 48.3 Å². The molecule has 1 aliphatic heterocycles. The second-order valence-corrected chi connectivity index (χ2v) is 2.72. The minimum absolute atomic E-state index is 0.262. The third kappa shape index (κ3) is 0.403. The van der Waals surface area contributed by atoms with Crippen molar-refractivity contribution in [1.29, 1.82) is 0 Å². The van der Waals surface area contributed by atoms with Crippen molar-refractivity contribution < 1.29 is 4.79 Å². The van der Waals surface area contributed by atoms with Crippen LogP contribution in [-0.4, -0.2) is 11.9 Å². The van der Waals surface area contributed by atoms with Crippen molar-refractivity contribution >= 4 is 5.91 Å². The zero-order valence-electron chi connectivity index (χ0n) is 4.68. The van der Waals surface area contributed by atoms with Gasteiger partial charge in [-0.2, -0.15) is 0 Å². The molecule has 1 aliphatic carbocycles. The van der Waals surface area contributed by atoms with Gasteiger partial charge in [0.15, 0.2) is 0 Å². The average molecular weight is 111 g/mol. The summed E-state index contributed by atoms with van der Waals surface area (Å²) in [4.78, 5) is 10.6. The van der Waals surface area contributed by atoms with E-state index in [0.717, 1.165) is 6.42 Å². The maximum atomic E-state index is 10.6. The topological polar surface area (TPSA) is 29.1 Å². The minimum Gasteiger partial charge on any atom is -0.353 e. The van der Waals surface area contributed by atoms with Crippen molar-refractivity contribution in [2.45, 2.75) is 25.3 Å². The largest absolute Gasteiger partial charge is 0.353 e. The minimum atomic E-state index is 0.262. The highest BCUT2D eigenvalue weighted by atomic mass is 16.2. The maximum absolute atomic E-state index is 10.6. The predicted octanol–water partition coefficient (Wildman–Crippen LogP) is 0.285. The molecule has 2 atom stereocenters. The fourth-order valence-electron chi connectivity index (χ4n) is 1.51. The number of hydrogen-bond donors (Lipinski definition) is 1. The molecule has 0 unspecified atom stereocenters. The first-order chi connectivity index (χ1) is 3.86. The second kappa shape index (κ2) is 1.24. The van der Waals surface area contributed by atoms with Crippen LogP contribution in [0.25, 0.3) is 0 Å². The number of hydrogen-bond acceptors (Lipinski definition) is 1. The SMILES string of the molecule is O=C1C[C@@H]2CC[C@@H]2N1. The Morgan fingerprint density at radius 1 is 1.50 bits per heavy atom. The highest BCUT2D eigenvalue weighted by Crippen LogP contribution is 2.34. The van der Waals surface area contributed by atoms with Crippen LogP contribution in [-0.2, 0) is 4.79 Å². The average Bonchev–Trinajstić information content (AvgIpc) is 1.91. The van der Waals surface area contributed by atoms with Gasteiger partial charge in [-0.25, -0.2) is 0 Å². The lowest BCUT2D eigenvalue weighted by Gasteiger charge is -2.28. The van der Waals surface area contributed by atoms with Gasteiger partial charge in [0.25, 0.3) is 0 Å². The van der Waals surface area contributed by atoms with Crippen LogP contribution in [0.4, 0.5) is 0 Å². The smallest absolute Gasteiger partial charge is 0.220 e. The zero-order chi connectivity index (χ0) is 5.56. The first kappa shape index (κ1) is 4.36. The molecular weight excluding hydrogens is 102 g/mol. The summed E-state index contributed by atoms with van der Waals surface area (Å²) >= 11 is 0. The molecule has 44 valence electrons. The van der Waals surface area contributed by atoms with E-state index in [4.69, 9.17) is 0 Å². The van der Waals surface area contributed by atoms with Gasteiger partial charge in [0, 0.05) is 12.5 Å². The van der Waals surface area contributed by atoms with E-state index in [2.05, 4.69) is 5.32 Å². The molecule has 1 amide bonds. The van der Waals surface area contributed by atoms with Gasteiger partial charge in [0.2, 0.25) is 5.91 Å². The molecule has 2 nitrogen and oxygen atoms in total. The van der Waals surface area contributed by atoms with Crippen LogP contribution < -0.4 is 5.32 Å². The summed E-state index contributed by atoms with van der Waals surface area (Å²) in [5.74, 6) is 0.972. The molecule has 8 heavy (non-hydrogen) atoms. The Kier molecular flexibility index (Phi) is 0.678. The summed E-state index contributed by atoms with van der Waals surface area (Å²) in [5.41, 5.74) is 0. The summed E-state index contributed by atoms with van der Waals surface area (Å²) in [6, 6.07) is 0.572. The fourth-order valence-corrected chi connectivity index (χ4v) is 1.51. The summed E-state index contributed by atoms with van der Waals surface area (Å²) in [6.45, 7) is 0. The van der Waals surface area contributed by atoms with Crippen molar-refractivity contribution in [3.05, 3.63) is 0 Å². The summed E-state index contributed by atoms with van der Waals surface area (Å²) in [6.07, 6.45) is 3.28. The number of amides is 1. The molecule has 0 aromatic rings. The molecule has 2 fully saturated rings. The summed E-state index contributed by atoms with van der Waals surface area (Å²) in [7, 11) is 0. The van der Waals surface area contributed by atoms with E-state index < -0.39 is 0 Å². The quantitative estimate of drug-likeness (QED) is 0.478.